The van der Waals surface area contributed by atoms with Crippen molar-refractivity contribution in [2.75, 3.05) is 5.75 Å². The van der Waals surface area contributed by atoms with Gasteiger partial charge in [0.05, 0.1) is 5.75 Å². The SMILES string of the molecule is C=CCC1Cc2cc(OS(=O)(=O)CCC)ccc2C1=O. The van der Waals surface area contributed by atoms with E-state index in [1.807, 2.05) is 0 Å². The van der Waals surface area contributed by atoms with E-state index >= 15 is 0 Å². The van der Waals surface area contributed by atoms with Gasteiger partial charge >= 0.3 is 10.1 Å². The Bertz CT molecular complexity index is 631. The molecule has 0 saturated carbocycles. The van der Waals surface area contributed by atoms with E-state index in [0.29, 0.717) is 24.8 Å². The molecule has 5 heteroatoms. The first-order valence-electron chi connectivity index (χ1n) is 6.67. The molecule has 0 amide bonds. The van der Waals surface area contributed by atoms with Crippen LogP contribution in [0, 0.1) is 5.92 Å². The predicted molar refractivity (Wildman–Crippen MR) is 77.5 cm³/mol. The molecule has 0 radical (unpaired) electrons. The number of hydrogen-bond acceptors (Lipinski definition) is 4. The van der Waals surface area contributed by atoms with Crippen molar-refractivity contribution in [1.82, 2.24) is 0 Å². The average molecular weight is 294 g/mol. The Kier molecular flexibility index (Phi) is 4.28. The lowest BCUT2D eigenvalue weighted by Gasteiger charge is -2.07. The molecule has 0 aliphatic heterocycles. The van der Waals surface area contributed by atoms with Gasteiger partial charge in [0.2, 0.25) is 0 Å². The van der Waals surface area contributed by atoms with Gasteiger partial charge in [-0.25, -0.2) is 0 Å². The molecule has 1 aromatic carbocycles. The summed E-state index contributed by atoms with van der Waals surface area (Å²) in [5.41, 5.74) is 1.52. The number of allylic oxidation sites excluding steroid dienone is 1. The fourth-order valence-corrected chi connectivity index (χ4v) is 3.42. The highest BCUT2D eigenvalue weighted by Gasteiger charge is 2.30. The molecule has 0 N–H and O–H groups in total. The van der Waals surface area contributed by atoms with Gasteiger partial charge in [-0.15, -0.1) is 6.58 Å². The highest BCUT2D eigenvalue weighted by molar-refractivity contribution is 7.87. The Labute approximate surface area is 119 Å². The molecule has 2 rings (SSSR count). The minimum atomic E-state index is -3.54. The third-order valence-electron chi connectivity index (χ3n) is 3.31. The summed E-state index contributed by atoms with van der Waals surface area (Å²) in [5.74, 6) is 0.291. The minimum absolute atomic E-state index is 0.0118. The number of carbonyl (C=O) groups is 1. The molecule has 1 unspecified atom stereocenters. The number of fused-ring (bicyclic) bond motifs is 1. The van der Waals surface area contributed by atoms with Crippen LogP contribution in [0.3, 0.4) is 0 Å². The fourth-order valence-electron chi connectivity index (χ4n) is 2.44. The van der Waals surface area contributed by atoms with Crippen LogP contribution < -0.4 is 4.18 Å². The molecule has 4 nitrogen and oxygen atoms in total. The van der Waals surface area contributed by atoms with Crippen molar-refractivity contribution in [3.63, 3.8) is 0 Å². The summed E-state index contributed by atoms with van der Waals surface area (Å²) >= 11 is 0. The van der Waals surface area contributed by atoms with E-state index in [9.17, 15) is 13.2 Å². The molecular formula is C15H18O4S. The van der Waals surface area contributed by atoms with Crippen molar-refractivity contribution >= 4 is 15.9 Å². The molecule has 0 heterocycles. The number of hydrogen-bond donors (Lipinski definition) is 0. The Balaban J connectivity index is 2.21. The second-order valence-electron chi connectivity index (χ2n) is 4.95. The van der Waals surface area contributed by atoms with Crippen molar-refractivity contribution in [2.45, 2.75) is 26.2 Å². The van der Waals surface area contributed by atoms with Gasteiger partial charge < -0.3 is 4.18 Å². The van der Waals surface area contributed by atoms with Crippen LogP contribution in [-0.2, 0) is 16.5 Å². The van der Waals surface area contributed by atoms with E-state index in [1.165, 1.54) is 0 Å². The molecule has 1 atom stereocenters. The topological polar surface area (TPSA) is 60.4 Å². The third kappa shape index (κ3) is 3.10. The van der Waals surface area contributed by atoms with E-state index in [0.717, 1.165) is 5.56 Å². The lowest BCUT2D eigenvalue weighted by atomic mass is 10.0. The Morgan fingerprint density at radius 1 is 1.45 bits per heavy atom. The van der Waals surface area contributed by atoms with Gasteiger partial charge in [0.25, 0.3) is 0 Å². The molecule has 0 spiro atoms. The molecule has 0 aromatic heterocycles. The summed E-state index contributed by atoms with van der Waals surface area (Å²) in [6.07, 6.45) is 3.49. The van der Waals surface area contributed by atoms with Gasteiger partial charge in [-0.2, -0.15) is 8.42 Å². The molecule has 0 fully saturated rings. The van der Waals surface area contributed by atoms with Crippen LogP contribution in [0.25, 0.3) is 0 Å². The largest absolute Gasteiger partial charge is 0.382 e. The van der Waals surface area contributed by atoms with E-state index in [4.69, 9.17) is 4.18 Å². The van der Waals surface area contributed by atoms with Gasteiger partial charge in [-0.05, 0) is 43.0 Å². The van der Waals surface area contributed by atoms with Crippen LogP contribution in [-0.4, -0.2) is 20.0 Å². The maximum Gasteiger partial charge on any atom is 0.309 e. The summed E-state index contributed by atoms with van der Waals surface area (Å²) < 4.78 is 28.3. The first kappa shape index (κ1) is 14.8. The minimum Gasteiger partial charge on any atom is -0.382 e. The quantitative estimate of drug-likeness (QED) is 0.598. The van der Waals surface area contributed by atoms with E-state index in [-0.39, 0.29) is 23.2 Å². The van der Waals surface area contributed by atoms with Crippen LogP contribution >= 0.6 is 0 Å². The number of benzene rings is 1. The Morgan fingerprint density at radius 2 is 2.20 bits per heavy atom. The van der Waals surface area contributed by atoms with Crippen molar-refractivity contribution in [2.24, 2.45) is 5.92 Å². The summed E-state index contributed by atoms with van der Waals surface area (Å²) in [6.45, 7) is 5.43. The zero-order valence-corrected chi connectivity index (χ0v) is 12.3. The lowest BCUT2D eigenvalue weighted by molar-refractivity contribution is 0.0938. The molecule has 1 aliphatic carbocycles. The standard InChI is InChI=1S/C15H18O4S/c1-3-5-11-9-12-10-13(6-7-14(12)15(11)16)19-20(17,18)8-4-2/h3,6-7,10-11H,1,4-5,8-9H2,2H3. The van der Waals surface area contributed by atoms with Crippen LogP contribution in [0.4, 0.5) is 0 Å². The number of rotatable bonds is 6. The number of carbonyl (C=O) groups excluding carboxylic acids is 1. The van der Waals surface area contributed by atoms with Crippen LogP contribution in [0.15, 0.2) is 30.9 Å². The van der Waals surface area contributed by atoms with Gasteiger partial charge in [-0.1, -0.05) is 13.0 Å². The summed E-state index contributed by atoms with van der Waals surface area (Å²) in [7, 11) is -3.54. The molecular weight excluding hydrogens is 276 g/mol. The monoisotopic (exact) mass is 294 g/mol. The molecule has 0 saturated heterocycles. The first-order valence-corrected chi connectivity index (χ1v) is 8.24. The molecule has 20 heavy (non-hydrogen) atoms. The van der Waals surface area contributed by atoms with Crippen molar-refractivity contribution in [3.05, 3.63) is 42.0 Å². The van der Waals surface area contributed by atoms with Crippen molar-refractivity contribution in [1.29, 1.82) is 0 Å². The molecule has 1 aromatic rings. The average Bonchev–Trinajstić information content (AvgIpc) is 2.66. The summed E-state index contributed by atoms with van der Waals surface area (Å²) in [4.78, 5) is 12.1. The number of Topliss-reactive ketones (excluding diaryl/α,β-unsaturated/α-hetero) is 1. The predicted octanol–water partition coefficient (Wildman–Crippen LogP) is 2.74. The van der Waals surface area contributed by atoms with Crippen LogP contribution in [0.2, 0.25) is 0 Å². The molecule has 0 bridgehead atoms. The van der Waals surface area contributed by atoms with E-state index < -0.39 is 10.1 Å². The number of ketones is 1. The van der Waals surface area contributed by atoms with Crippen molar-refractivity contribution < 1.29 is 17.4 Å². The van der Waals surface area contributed by atoms with Gasteiger partial charge in [0, 0.05) is 11.5 Å². The highest BCUT2D eigenvalue weighted by atomic mass is 32.2. The first-order chi connectivity index (χ1) is 9.46. The molecule has 108 valence electrons. The summed E-state index contributed by atoms with van der Waals surface area (Å²) in [6, 6.07) is 4.85. The van der Waals surface area contributed by atoms with Crippen LogP contribution in [0.1, 0.15) is 35.7 Å². The van der Waals surface area contributed by atoms with Gasteiger partial charge in [-0.3, -0.25) is 4.79 Å². The van der Waals surface area contributed by atoms with Gasteiger partial charge in [0.15, 0.2) is 5.78 Å². The second-order valence-corrected chi connectivity index (χ2v) is 6.64. The van der Waals surface area contributed by atoms with Crippen molar-refractivity contribution in [3.8, 4) is 5.75 Å². The van der Waals surface area contributed by atoms with E-state index in [1.54, 1.807) is 31.2 Å². The normalized spacial score (nSPS) is 17.9. The third-order valence-corrected chi connectivity index (χ3v) is 4.66. The van der Waals surface area contributed by atoms with Gasteiger partial charge in [0.1, 0.15) is 5.75 Å². The Hall–Kier alpha value is -1.62. The maximum absolute atomic E-state index is 12.1. The summed E-state index contributed by atoms with van der Waals surface area (Å²) in [5, 5.41) is 0. The smallest absolute Gasteiger partial charge is 0.309 e. The zero-order chi connectivity index (χ0) is 14.8. The Morgan fingerprint density at radius 3 is 2.85 bits per heavy atom. The van der Waals surface area contributed by atoms with E-state index in [2.05, 4.69) is 6.58 Å². The second kappa shape index (κ2) is 5.79. The highest BCUT2D eigenvalue weighted by Crippen LogP contribution is 2.32. The lowest BCUT2D eigenvalue weighted by Crippen LogP contribution is -2.13. The zero-order valence-electron chi connectivity index (χ0n) is 11.5. The molecule has 1 aliphatic rings. The van der Waals surface area contributed by atoms with Crippen LogP contribution in [0.5, 0.6) is 5.75 Å². The maximum atomic E-state index is 12.1. The fraction of sp³-hybridized carbons (Fsp3) is 0.400.